The predicted octanol–water partition coefficient (Wildman–Crippen LogP) is 3.03. The van der Waals surface area contributed by atoms with Crippen molar-refractivity contribution in [3.05, 3.63) is 54.1 Å². The van der Waals surface area contributed by atoms with Gasteiger partial charge in [0.15, 0.2) is 0 Å². The first-order chi connectivity index (χ1) is 10.2. The molecule has 1 saturated heterocycles. The molecule has 0 aromatic heterocycles. The average molecular weight is 282 g/mol. The highest BCUT2D eigenvalue weighted by Crippen LogP contribution is 2.26. The number of phenols is 1. The lowest BCUT2D eigenvalue weighted by Gasteiger charge is -2.33. The standard InChI is InChI=1S/C18H22N2O/c1-14(20-11-9-19-10-12-20)15-5-7-16(8-6-15)17-3-2-4-18(21)13-17/h2-8,13-14,19,21H,9-12H2,1H3. The van der Waals surface area contributed by atoms with Crippen molar-refractivity contribution in [1.82, 2.24) is 10.2 Å². The van der Waals surface area contributed by atoms with E-state index < -0.39 is 0 Å². The first kappa shape index (κ1) is 14.1. The Labute approximate surface area is 126 Å². The monoisotopic (exact) mass is 282 g/mol. The van der Waals surface area contributed by atoms with E-state index in [4.69, 9.17) is 0 Å². The van der Waals surface area contributed by atoms with E-state index in [1.807, 2.05) is 12.1 Å². The summed E-state index contributed by atoms with van der Waals surface area (Å²) in [5, 5.41) is 13.0. The normalized spacial score (nSPS) is 17.6. The van der Waals surface area contributed by atoms with Gasteiger partial charge in [0, 0.05) is 32.2 Å². The number of hydrogen-bond acceptors (Lipinski definition) is 3. The van der Waals surface area contributed by atoms with E-state index >= 15 is 0 Å². The number of rotatable bonds is 3. The molecule has 2 N–H and O–H groups in total. The van der Waals surface area contributed by atoms with Crippen molar-refractivity contribution in [2.24, 2.45) is 0 Å². The van der Waals surface area contributed by atoms with E-state index in [1.54, 1.807) is 12.1 Å². The van der Waals surface area contributed by atoms with Crippen molar-refractivity contribution in [2.45, 2.75) is 13.0 Å². The van der Waals surface area contributed by atoms with Crippen LogP contribution in [0.1, 0.15) is 18.5 Å². The molecule has 1 fully saturated rings. The van der Waals surface area contributed by atoms with Gasteiger partial charge in [-0.1, -0.05) is 36.4 Å². The van der Waals surface area contributed by atoms with Crippen LogP contribution >= 0.6 is 0 Å². The fourth-order valence-corrected chi connectivity index (χ4v) is 2.92. The molecule has 0 bridgehead atoms. The molecule has 0 radical (unpaired) electrons. The lowest BCUT2D eigenvalue weighted by molar-refractivity contribution is 0.185. The number of benzene rings is 2. The highest BCUT2D eigenvalue weighted by molar-refractivity contribution is 5.65. The van der Waals surface area contributed by atoms with Crippen LogP contribution in [0.2, 0.25) is 0 Å². The SMILES string of the molecule is CC(c1ccc(-c2cccc(O)c2)cc1)N1CCNCC1. The topological polar surface area (TPSA) is 35.5 Å². The molecule has 1 atom stereocenters. The van der Waals surface area contributed by atoms with E-state index in [2.05, 4.69) is 41.4 Å². The third-order valence-electron chi connectivity index (χ3n) is 4.27. The zero-order valence-electron chi connectivity index (χ0n) is 12.4. The van der Waals surface area contributed by atoms with Crippen molar-refractivity contribution in [3.63, 3.8) is 0 Å². The Kier molecular flexibility index (Phi) is 4.23. The largest absolute Gasteiger partial charge is 0.508 e. The maximum atomic E-state index is 9.57. The van der Waals surface area contributed by atoms with Crippen molar-refractivity contribution >= 4 is 0 Å². The molecule has 21 heavy (non-hydrogen) atoms. The molecule has 3 rings (SSSR count). The van der Waals surface area contributed by atoms with Crippen LogP contribution in [0.15, 0.2) is 48.5 Å². The van der Waals surface area contributed by atoms with Gasteiger partial charge in [-0.3, -0.25) is 4.90 Å². The highest BCUT2D eigenvalue weighted by Gasteiger charge is 2.17. The summed E-state index contributed by atoms with van der Waals surface area (Å²) in [5.41, 5.74) is 3.54. The highest BCUT2D eigenvalue weighted by atomic mass is 16.3. The molecule has 1 unspecified atom stereocenters. The van der Waals surface area contributed by atoms with E-state index in [-0.39, 0.29) is 0 Å². The maximum absolute atomic E-state index is 9.57. The third kappa shape index (κ3) is 3.26. The number of piperazine rings is 1. The lowest BCUT2D eigenvalue weighted by atomic mass is 10.0. The van der Waals surface area contributed by atoms with Crippen LogP contribution in [0.4, 0.5) is 0 Å². The third-order valence-corrected chi connectivity index (χ3v) is 4.27. The fraction of sp³-hybridized carbons (Fsp3) is 0.333. The molecule has 0 spiro atoms. The van der Waals surface area contributed by atoms with Crippen LogP contribution < -0.4 is 5.32 Å². The van der Waals surface area contributed by atoms with Crippen LogP contribution in [-0.4, -0.2) is 36.2 Å². The summed E-state index contributed by atoms with van der Waals surface area (Å²) in [5.74, 6) is 0.311. The second-order valence-electron chi connectivity index (χ2n) is 5.63. The molecule has 1 heterocycles. The zero-order valence-corrected chi connectivity index (χ0v) is 12.4. The number of phenolic OH excluding ortho intramolecular Hbond substituents is 1. The zero-order chi connectivity index (χ0) is 14.7. The van der Waals surface area contributed by atoms with Gasteiger partial charge < -0.3 is 10.4 Å². The molecule has 2 aromatic carbocycles. The Balaban J connectivity index is 1.77. The number of nitrogens with zero attached hydrogens (tertiary/aromatic N) is 1. The van der Waals surface area contributed by atoms with E-state index in [9.17, 15) is 5.11 Å². The molecule has 3 heteroatoms. The minimum atomic E-state index is 0.311. The number of nitrogens with one attached hydrogen (secondary N) is 1. The Morgan fingerprint density at radius 2 is 1.71 bits per heavy atom. The molecule has 0 aliphatic carbocycles. The van der Waals surface area contributed by atoms with E-state index in [0.29, 0.717) is 11.8 Å². The van der Waals surface area contributed by atoms with Gasteiger partial charge in [-0.05, 0) is 35.7 Å². The summed E-state index contributed by atoms with van der Waals surface area (Å²) in [7, 11) is 0. The first-order valence-corrected chi connectivity index (χ1v) is 7.58. The molecule has 2 aromatic rings. The van der Waals surface area contributed by atoms with Gasteiger partial charge in [0.05, 0.1) is 0 Å². The molecule has 1 aliphatic rings. The minimum absolute atomic E-state index is 0.311. The van der Waals surface area contributed by atoms with Crippen LogP contribution in [0.5, 0.6) is 5.75 Å². The predicted molar refractivity (Wildman–Crippen MR) is 86.4 cm³/mol. The van der Waals surface area contributed by atoms with Gasteiger partial charge in [-0.2, -0.15) is 0 Å². The van der Waals surface area contributed by atoms with Crippen molar-refractivity contribution < 1.29 is 5.11 Å². The molecule has 1 aliphatic heterocycles. The van der Waals surface area contributed by atoms with E-state index in [1.165, 1.54) is 5.56 Å². The summed E-state index contributed by atoms with van der Waals surface area (Å²) in [6, 6.07) is 16.5. The van der Waals surface area contributed by atoms with Gasteiger partial charge in [0.25, 0.3) is 0 Å². The Bertz CT molecular complexity index is 588. The molecule has 110 valence electrons. The quantitative estimate of drug-likeness (QED) is 0.908. The second-order valence-corrected chi connectivity index (χ2v) is 5.63. The average Bonchev–Trinajstić information content (AvgIpc) is 2.55. The van der Waals surface area contributed by atoms with Crippen LogP contribution in [-0.2, 0) is 0 Å². The van der Waals surface area contributed by atoms with Gasteiger partial charge in [-0.25, -0.2) is 0 Å². The minimum Gasteiger partial charge on any atom is -0.508 e. The molecule has 0 amide bonds. The molecular weight excluding hydrogens is 260 g/mol. The van der Waals surface area contributed by atoms with Crippen LogP contribution in [0.25, 0.3) is 11.1 Å². The number of hydrogen-bond donors (Lipinski definition) is 2. The molecular formula is C18H22N2O. The second kappa shape index (κ2) is 6.29. The van der Waals surface area contributed by atoms with E-state index in [0.717, 1.165) is 37.3 Å². The molecule has 0 saturated carbocycles. The first-order valence-electron chi connectivity index (χ1n) is 7.58. The molecule has 3 nitrogen and oxygen atoms in total. The van der Waals surface area contributed by atoms with Crippen LogP contribution in [0, 0.1) is 0 Å². The maximum Gasteiger partial charge on any atom is 0.116 e. The Morgan fingerprint density at radius 3 is 2.38 bits per heavy atom. The Morgan fingerprint density at radius 1 is 1.00 bits per heavy atom. The summed E-state index contributed by atoms with van der Waals surface area (Å²) < 4.78 is 0. The lowest BCUT2D eigenvalue weighted by Crippen LogP contribution is -2.44. The van der Waals surface area contributed by atoms with Gasteiger partial charge in [0.2, 0.25) is 0 Å². The van der Waals surface area contributed by atoms with Crippen LogP contribution in [0.3, 0.4) is 0 Å². The summed E-state index contributed by atoms with van der Waals surface area (Å²) in [6.45, 7) is 6.64. The summed E-state index contributed by atoms with van der Waals surface area (Å²) in [4.78, 5) is 2.51. The van der Waals surface area contributed by atoms with Crippen molar-refractivity contribution in [1.29, 1.82) is 0 Å². The number of aromatic hydroxyl groups is 1. The fourth-order valence-electron chi connectivity index (χ4n) is 2.92. The summed E-state index contributed by atoms with van der Waals surface area (Å²) in [6.07, 6.45) is 0. The van der Waals surface area contributed by atoms with Gasteiger partial charge >= 0.3 is 0 Å². The smallest absolute Gasteiger partial charge is 0.116 e. The van der Waals surface area contributed by atoms with Crippen molar-refractivity contribution in [3.8, 4) is 16.9 Å². The Hall–Kier alpha value is -1.84. The van der Waals surface area contributed by atoms with Gasteiger partial charge in [0.1, 0.15) is 5.75 Å². The summed E-state index contributed by atoms with van der Waals surface area (Å²) >= 11 is 0. The van der Waals surface area contributed by atoms with Gasteiger partial charge in [-0.15, -0.1) is 0 Å². The van der Waals surface area contributed by atoms with Crippen molar-refractivity contribution in [2.75, 3.05) is 26.2 Å².